The van der Waals surface area contributed by atoms with Crippen molar-refractivity contribution in [2.75, 3.05) is 13.2 Å². The van der Waals surface area contributed by atoms with Gasteiger partial charge in [-0.3, -0.25) is 9.59 Å². The SMILES string of the molecule is CCOC(=O)C1(C(=O)CN)CC2CC2C1. The van der Waals surface area contributed by atoms with E-state index in [1.807, 2.05) is 0 Å². The molecule has 0 aromatic carbocycles. The number of ketones is 1. The number of fused-ring (bicyclic) bond motifs is 1. The highest BCUT2D eigenvalue weighted by Gasteiger charge is 2.61. The zero-order valence-corrected chi connectivity index (χ0v) is 8.99. The van der Waals surface area contributed by atoms with Gasteiger partial charge in [0.15, 0.2) is 5.78 Å². The molecular formula is C11H17NO3. The van der Waals surface area contributed by atoms with Crippen molar-refractivity contribution in [3.8, 4) is 0 Å². The third-order valence-electron chi connectivity index (χ3n) is 3.68. The molecule has 0 bridgehead atoms. The lowest BCUT2D eigenvalue weighted by Gasteiger charge is -2.26. The predicted molar refractivity (Wildman–Crippen MR) is 54.0 cm³/mol. The molecule has 2 rings (SSSR count). The highest BCUT2D eigenvalue weighted by atomic mass is 16.5. The first kappa shape index (κ1) is 10.6. The summed E-state index contributed by atoms with van der Waals surface area (Å²) in [7, 11) is 0. The van der Waals surface area contributed by atoms with E-state index in [9.17, 15) is 9.59 Å². The van der Waals surface area contributed by atoms with E-state index < -0.39 is 5.41 Å². The highest BCUT2D eigenvalue weighted by molar-refractivity contribution is 6.05. The van der Waals surface area contributed by atoms with Gasteiger partial charge >= 0.3 is 5.97 Å². The molecule has 2 N–H and O–H groups in total. The number of hydrogen-bond acceptors (Lipinski definition) is 4. The molecule has 2 unspecified atom stereocenters. The number of Topliss-reactive ketones (excluding diaryl/α,β-unsaturated/α-hetero) is 1. The maximum absolute atomic E-state index is 11.8. The molecule has 2 aliphatic rings. The van der Waals surface area contributed by atoms with Gasteiger partial charge in [0.25, 0.3) is 0 Å². The molecule has 0 saturated heterocycles. The van der Waals surface area contributed by atoms with Gasteiger partial charge in [0.1, 0.15) is 5.41 Å². The maximum Gasteiger partial charge on any atom is 0.319 e. The molecule has 15 heavy (non-hydrogen) atoms. The number of carbonyl (C=O) groups is 2. The smallest absolute Gasteiger partial charge is 0.319 e. The number of ether oxygens (including phenoxy) is 1. The molecule has 0 radical (unpaired) electrons. The summed E-state index contributed by atoms with van der Waals surface area (Å²) < 4.78 is 5.01. The number of carbonyl (C=O) groups excluding carboxylic acids is 2. The van der Waals surface area contributed by atoms with Crippen LogP contribution in [0, 0.1) is 17.3 Å². The molecule has 4 heteroatoms. The third kappa shape index (κ3) is 1.57. The third-order valence-corrected chi connectivity index (χ3v) is 3.68. The zero-order chi connectivity index (χ0) is 11.1. The van der Waals surface area contributed by atoms with Gasteiger partial charge in [-0.2, -0.15) is 0 Å². The van der Waals surface area contributed by atoms with Crippen LogP contribution in [0.1, 0.15) is 26.2 Å². The van der Waals surface area contributed by atoms with Gasteiger partial charge in [0.2, 0.25) is 0 Å². The summed E-state index contributed by atoms with van der Waals surface area (Å²) in [5.41, 5.74) is 4.48. The van der Waals surface area contributed by atoms with Crippen molar-refractivity contribution in [2.24, 2.45) is 23.0 Å². The summed E-state index contributed by atoms with van der Waals surface area (Å²) in [6.07, 6.45) is 2.48. The summed E-state index contributed by atoms with van der Waals surface area (Å²) in [4.78, 5) is 23.6. The Hall–Kier alpha value is -0.900. The molecule has 0 heterocycles. The standard InChI is InChI=1S/C11H17NO3/c1-2-15-10(14)11(9(13)6-12)4-7-3-8(7)5-11/h7-8H,2-6,12H2,1H3. The van der Waals surface area contributed by atoms with Crippen molar-refractivity contribution in [3.63, 3.8) is 0 Å². The van der Waals surface area contributed by atoms with Crippen LogP contribution in [0.15, 0.2) is 0 Å². The molecular weight excluding hydrogens is 194 g/mol. The summed E-state index contributed by atoms with van der Waals surface area (Å²) in [5, 5.41) is 0. The monoisotopic (exact) mass is 211 g/mol. The molecule has 0 aromatic heterocycles. The van der Waals surface area contributed by atoms with E-state index in [1.165, 1.54) is 6.42 Å². The summed E-state index contributed by atoms with van der Waals surface area (Å²) in [5.74, 6) is 0.621. The number of esters is 1. The van der Waals surface area contributed by atoms with Gasteiger partial charge in [-0.05, 0) is 38.0 Å². The summed E-state index contributed by atoms with van der Waals surface area (Å²) >= 11 is 0. The fourth-order valence-electron chi connectivity index (χ4n) is 2.76. The van der Waals surface area contributed by atoms with E-state index in [1.54, 1.807) is 6.92 Å². The van der Waals surface area contributed by atoms with E-state index in [0.29, 0.717) is 31.3 Å². The maximum atomic E-state index is 11.8. The Morgan fingerprint density at radius 2 is 2.00 bits per heavy atom. The lowest BCUT2D eigenvalue weighted by Crippen LogP contribution is -2.43. The first-order chi connectivity index (χ1) is 7.14. The molecule has 0 aromatic rings. The van der Waals surface area contributed by atoms with Crippen LogP contribution < -0.4 is 5.73 Å². The number of rotatable bonds is 4. The van der Waals surface area contributed by atoms with Crippen molar-refractivity contribution >= 4 is 11.8 Å². The summed E-state index contributed by atoms with van der Waals surface area (Å²) in [6, 6.07) is 0. The minimum Gasteiger partial charge on any atom is -0.465 e. The van der Waals surface area contributed by atoms with E-state index in [0.717, 1.165) is 0 Å². The Labute approximate surface area is 89.2 Å². The van der Waals surface area contributed by atoms with Crippen LogP contribution in [0.3, 0.4) is 0 Å². The lowest BCUT2D eigenvalue weighted by molar-refractivity contribution is -0.160. The molecule has 0 spiro atoms. The zero-order valence-electron chi connectivity index (χ0n) is 8.99. The quantitative estimate of drug-likeness (QED) is 0.543. The molecule has 0 aliphatic heterocycles. The van der Waals surface area contributed by atoms with E-state index in [-0.39, 0.29) is 18.3 Å². The van der Waals surface area contributed by atoms with Crippen molar-refractivity contribution in [1.82, 2.24) is 0 Å². The molecule has 2 fully saturated rings. The van der Waals surface area contributed by atoms with Gasteiger partial charge in [0, 0.05) is 0 Å². The van der Waals surface area contributed by atoms with E-state index >= 15 is 0 Å². The minimum absolute atomic E-state index is 0.0573. The lowest BCUT2D eigenvalue weighted by atomic mass is 9.78. The van der Waals surface area contributed by atoms with Crippen LogP contribution in [0.5, 0.6) is 0 Å². The fourth-order valence-corrected chi connectivity index (χ4v) is 2.76. The Morgan fingerprint density at radius 1 is 1.40 bits per heavy atom. The van der Waals surface area contributed by atoms with Crippen LogP contribution in [-0.2, 0) is 14.3 Å². The molecule has 2 aliphatic carbocycles. The first-order valence-electron chi connectivity index (χ1n) is 5.54. The van der Waals surface area contributed by atoms with Crippen LogP contribution in [0.4, 0.5) is 0 Å². The van der Waals surface area contributed by atoms with Crippen LogP contribution in [0.25, 0.3) is 0 Å². The predicted octanol–water partition coefficient (Wildman–Crippen LogP) is 0.494. The Kier molecular flexibility index (Phi) is 2.54. The van der Waals surface area contributed by atoms with Gasteiger partial charge < -0.3 is 10.5 Å². The van der Waals surface area contributed by atoms with Crippen molar-refractivity contribution in [2.45, 2.75) is 26.2 Å². The van der Waals surface area contributed by atoms with E-state index in [4.69, 9.17) is 10.5 Å². The Morgan fingerprint density at radius 3 is 2.47 bits per heavy atom. The van der Waals surface area contributed by atoms with Crippen molar-refractivity contribution in [1.29, 1.82) is 0 Å². The molecule has 0 amide bonds. The van der Waals surface area contributed by atoms with Gasteiger partial charge in [-0.1, -0.05) is 0 Å². The Balaban J connectivity index is 2.16. The van der Waals surface area contributed by atoms with Crippen LogP contribution in [-0.4, -0.2) is 24.9 Å². The fraction of sp³-hybridized carbons (Fsp3) is 0.818. The second-order valence-corrected chi connectivity index (χ2v) is 4.59. The highest BCUT2D eigenvalue weighted by Crippen LogP contribution is 2.60. The van der Waals surface area contributed by atoms with E-state index in [2.05, 4.69) is 0 Å². The minimum atomic E-state index is -0.891. The second-order valence-electron chi connectivity index (χ2n) is 4.59. The number of nitrogens with two attached hydrogens (primary N) is 1. The summed E-state index contributed by atoms with van der Waals surface area (Å²) in [6.45, 7) is 2.03. The van der Waals surface area contributed by atoms with Crippen LogP contribution in [0.2, 0.25) is 0 Å². The largest absolute Gasteiger partial charge is 0.465 e. The van der Waals surface area contributed by atoms with Crippen molar-refractivity contribution in [3.05, 3.63) is 0 Å². The normalized spacial score (nSPS) is 37.2. The first-order valence-corrected chi connectivity index (χ1v) is 5.54. The Bertz CT molecular complexity index is 290. The molecule has 2 saturated carbocycles. The number of hydrogen-bond donors (Lipinski definition) is 1. The van der Waals surface area contributed by atoms with Crippen molar-refractivity contribution < 1.29 is 14.3 Å². The van der Waals surface area contributed by atoms with Crippen LogP contribution >= 0.6 is 0 Å². The van der Waals surface area contributed by atoms with Gasteiger partial charge in [-0.25, -0.2) is 0 Å². The molecule has 2 atom stereocenters. The average Bonchev–Trinajstić information content (AvgIpc) is 2.85. The molecule has 84 valence electrons. The second kappa shape index (κ2) is 3.59. The van der Waals surface area contributed by atoms with Gasteiger partial charge in [0.05, 0.1) is 13.2 Å². The van der Waals surface area contributed by atoms with Gasteiger partial charge in [-0.15, -0.1) is 0 Å². The molecule has 4 nitrogen and oxygen atoms in total. The topological polar surface area (TPSA) is 69.4 Å². The average molecular weight is 211 g/mol.